The number of methoxy groups -OCH3 is 1. The Morgan fingerprint density at radius 3 is 2.57 bits per heavy atom. The zero-order chi connectivity index (χ0) is 14.7. The van der Waals surface area contributed by atoms with Crippen molar-refractivity contribution in [1.82, 2.24) is 9.97 Å². The van der Waals surface area contributed by atoms with Crippen LogP contribution in [-0.4, -0.2) is 36.1 Å². The van der Waals surface area contributed by atoms with E-state index < -0.39 is 5.97 Å². The van der Waals surface area contributed by atoms with E-state index in [4.69, 9.17) is 4.74 Å². The van der Waals surface area contributed by atoms with Gasteiger partial charge in [0.25, 0.3) is 0 Å². The Bertz CT molecular complexity index is 637. The zero-order valence-corrected chi connectivity index (χ0v) is 12.0. The van der Waals surface area contributed by atoms with Crippen molar-refractivity contribution in [2.24, 2.45) is 0 Å². The van der Waals surface area contributed by atoms with E-state index in [9.17, 15) is 4.79 Å². The lowest BCUT2D eigenvalue weighted by atomic mass is 10.1. The van der Waals surface area contributed by atoms with Gasteiger partial charge in [0.2, 0.25) is 5.95 Å². The van der Waals surface area contributed by atoms with Crippen LogP contribution in [-0.2, 0) is 4.74 Å². The molecule has 0 amide bonds. The van der Waals surface area contributed by atoms with Crippen molar-refractivity contribution in [3.05, 3.63) is 42.1 Å². The summed E-state index contributed by atoms with van der Waals surface area (Å²) in [6, 6.07) is 9.65. The molecule has 21 heavy (non-hydrogen) atoms. The summed E-state index contributed by atoms with van der Waals surface area (Å²) in [4.78, 5) is 23.0. The van der Waals surface area contributed by atoms with Crippen LogP contribution < -0.4 is 4.90 Å². The second-order valence-electron chi connectivity index (χ2n) is 4.98. The lowest BCUT2D eigenvalue weighted by Crippen LogP contribution is -2.21. The van der Waals surface area contributed by atoms with Crippen LogP contribution in [0.15, 0.2) is 36.5 Å². The number of aromatic nitrogens is 2. The van der Waals surface area contributed by atoms with E-state index >= 15 is 0 Å². The Morgan fingerprint density at radius 1 is 1.19 bits per heavy atom. The second kappa shape index (κ2) is 5.91. The largest absolute Gasteiger partial charge is 0.465 e. The number of carbonyl (C=O) groups excluding carboxylic acids is 1. The number of carbonyl (C=O) groups is 1. The summed E-state index contributed by atoms with van der Waals surface area (Å²) in [5.41, 5.74) is 1.91. The van der Waals surface area contributed by atoms with Gasteiger partial charge in [-0.3, -0.25) is 0 Å². The van der Waals surface area contributed by atoms with Crippen molar-refractivity contribution < 1.29 is 9.53 Å². The molecule has 1 aromatic heterocycles. The number of hydrogen-bond donors (Lipinski definition) is 0. The lowest BCUT2D eigenvalue weighted by molar-refractivity contribution is 0.0601. The van der Waals surface area contributed by atoms with Crippen LogP contribution in [0.4, 0.5) is 5.95 Å². The number of benzene rings is 1. The molecular weight excluding hydrogens is 266 g/mol. The molecule has 5 nitrogen and oxygen atoms in total. The molecule has 0 aliphatic carbocycles. The molecule has 1 aliphatic heterocycles. The minimum Gasteiger partial charge on any atom is -0.465 e. The van der Waals surface area contributed by atoms with E-state index in [-0.39, 0.29) is 0 Å². The van der Waals surface area contributed by atoms with Gasteiger partial charge in [-0.1, -0.05) is 30.3 Å². The van der Waals surface area contributed by atoms with E-state index in [0.29, 0.717) is 17.2 Å². The van der Waals surface area contributed by atoms with Crippen LogP contribution in [0.3, 0.4) is 0 Å². The highest BCUT2D eigenvalue weighted by atomic mass is 16.5. The van der Waals surface area contributed by atoms with Crippen molar-refractivity contribution in [2.75, 3.05) is 25.1 Å². The fourth-order valence-corrected chi connectivity index (χ4v) is 2.52. The van der Waals surface area contributed by atoms with Crippen molar-refractivity contribution in [3.8, 4) is 11.3 Å². The molecule has 0 N–H and O–H groups in total. The number of esters is 1. The van der Waals surface area contributed by atoms with E-state index in [1.165, 1.54) is 7.11 Å². The van der Waals surface area contributed by atoms with Gasteiger partial charge >= 0.3 is 5.97 Å². The normalized spacial score (nSPS) is 14.2. The van der Waals surface area contributed by atoms with Gasteiger partial charge in [0.15, 0.2) is 0 Å². The number of hydrogen-bond acceptors (Lipinski definition) is 5. The van der Waals surface area contributed by atoms with Crippen LogP contribution >= 0.6 is 0 Å². The van der Waals surface area contributed by atoms with Crippen LogP contribution in [0.25, 0.3) is 11.3 Å². The third kappa shape index (κ3) is 2.72. The molecule has 1 aliphatic rings. The van der Waals surface area contributed by atoms with Crippen LogP contribution in [0.2, 0.25) is 0 Å². The quantitative estimate of drug-likeness (QED) is 0.810. The van der Waals surface area contributed by atoms with Gasteiger partial charge in [-0.15, -0.1) is 0 Å². The number of anilines is 1. The Morgan fingerprint density at radius 2 is 1.90 bits per heavy atom. The fourth-order valence-electron chi connectivity index (χ4n) is 2.52. The fraction of sp³-hybridized carbons (Fsp3) is 0.312. The molecule has 1 aromatic carbocycles. The van der Waals surface area contributed by atoms with Crippen LogP contribution in [0, 0.1) is 0 Å². The smallest absolute Gasteiger partial charge is 0.341 e. The molecular formula is C16H17N3O2. The molecule has 0 atom stereocenters. The highest BCUT2D eigenvalue weighted by Gasteiger charge is 2.20. The molecule has 0 bridgehead atoms. The number of ether oxygens (including phenoxy) is 1. The number of nitrogens with zero attached hydrogens (tertiary/aromatic N) is 3. The number of rotatable bonds is 3. The minimum absolute atomic E-state index is 0.395. The van der Waals surface area contributed by atoms with E-state index in [0.717, 1.165) is 31.5 Å². The molecule has 1 fully saturated rings. The van der Waals surface area contributed by atoms with E-state index in [1.54, 1.807) is 6.20 Å². The molecule has 108 valence electrons. The summed E-state index contributed by atoms with van der Waals surface area (Å²) >= 11 is 0. The SMILES string of the molecule is COC(=O)c1cnc(N2CCCC2)nc1-c1ccccc1. The van der Waals surface area contributed by atoms with Gasteiger partial charge in [0.1, 0.15) is 5.56 Å². The van der Waals surface area contributed by atoms with Crippen LogP contribution in [0.1, 0.15) is 23.2 Å². The molecule has 2 heterocycles. The van der Waals surface area contributed by atoms with Crippen molar-refractivity contribution >= 4 is 11.9 Å². The summed E-state index contributed by atoms with van der Waals surface area (Å²) in [6.07, 6.45) is 3.88. The van der Waals surface area contributed by atoms with Crippen molar-refractivity contribution in [1.29, 1.82) is 0 Å². The van der Waals surface area contributed by atoms with Crippen molar-refractivity contribution in [2.45, 2.75) is 12.8 Å². The summed E-state index contributed by atoms with van der Waals surface area (Å²) in [5, 5.41) is 0. The first kappa shape index (κ1) is 13.5. The minimum atomic E-state index is -0.415. The molecule has 0 unspecified atom stereocenters. The van der Waals surface area contributed by atoms with Gasteiger partial charge < -0.3 is 9.64 Å². The molecule has 0 radical (unpaired) electrons. The Balaban J connectivity index is 2.07. The van der Waals surface area contributed by atoms with E-state index in [1.807, 2.05) is 30.3 Å². The topological polar surface area (TPSA) is 55.3 Å². The maximum absolute atomic E-state index is 11.9. The van der Waals surface area contributed by atoms with Crippen LogP contribution in [0.5, 0.6) is 0 Å². The predicted molar refractivity (Wildman–Crippen MR) is 80.3 cm³/mol. The molecule has 0 spiro atoms. The average Bonchev–Trinajstić information content (AvgIpc) is 3.09. The van der Waals surface area contributed by atoms with Gasteiger partial charge in [0, 0.05) is 24.8 Å². The first-order chi connectivity index (χ1) is 10.3. The summed E-state index contributed by atoms with van der Waals surface area (Å²) < 4.78 is 4.83. The zero-order valence-electron chi connectivity index (χ0n) is 12.0. The van der Waals surface area contributed by atoms with Gasteiger partial charge in [-0.25, -0.2) is 14.8 Å². The Labute approximate surface area is 123 Å². The second-order valence-corrected chi connectivity index (χ2v) is 4.98. The van der Waals surface area contributed by atoms with Gasteiger partial charge in [-0.05, 0) is 12.8 Å². The lowest BCUT2D eigenvalue weighted by Gasteiger charge is -2.17. The first-order valence-electron chi connectivity index (χ1n) is 7.05. The molecule has 5 heteroatoms. The molecule has 3 rings (SSSR count). The maximum atomic E-state index is 11.9. The summed E-state index contributed by atoms with van der Waals surface area (Å²) in [6.45, 7) is 1.93. The molecule has 0 saturated carbocycles. The standard InChI is InChI=1S/C16H17N3O2/c1-21-15(20)13-11-17-16(19-9-5-6-10-19)18-14(13)12-7-3-2-4-8-12/h2-4,7-8,11H,5-6,9-10H2,1H3. The monoisotopic (exact) mass is 283 g/mol. The van der Waals surface area contributed by atoms with Crippen molar-refractivity contribution in [3.63, 3.8) is 0 Å². The third-order valence-corrected chi connectivity index (χ3v) is 3.62. The average molecular weight is 283 g/mol. The first-order valence-corrected chi connectivity index (χ1v) is 7.05. The molecule has 1 saturated heterocycles. The van der Waals surface area contributed by atoms with Gasteiger partial charge in [-0.2, -0.15) is 0 Å². The van der Waals surface area contributed by atoms with E-state index in [2.05, 4.69) is 14.9 Å². The molecule has 2 aromatic rings. The third-order valence-electron chi connectivity index (χ3n) is 3.62. The van der Waals surface area contributed by atoms with Gasteiger partial charge in [0.05, 0.1) is 12.8 Å². The maximum Gasteiger partial charge on any atom is 0.341 e. The highest BCUT2D eigenvalue weighted by molar-refractivity contribution is 5.95. The Kier molecular flexibility index (Phi) is 3.81. The summed E-state index contributed by atoms with van der Waals surface area (Å²) in [5.74, 6) is 0.265. The predicted octanol–water partition coefficient (Wildman–Crippen LogP) is 2.53. The summed E-state index contributed by atoms with van der Waals surface area (Å²) in [7, 11) is 1.37. The highest BCUT2D eigenvalue weighted by Crippen LogP contribution is 2.25. The Hall–Kier alpha value is -2.43.